The van der Waals surface area contributed by atoms with Gasteiger partial charge in [0, 0.05) is 41.6 Å². The van der Waals surface area contributed by atoms with E-state index < -0.39 is 0 Å². The van der Waals surface area contributed by atoms with Gasteiger partial charge in [0.25, 0.3) is 5.91 Å². The summed E-state index contributed by atoms with van der Waals surface area (Å²) in [6.07, 6.45) is 3.24. The van der Waals surface area contributed by atoms with Crippen LogP contribution in [0, 0.1) is 6.57 Å². The van der Waals surface area contributed by atoms with Crippen LogP contribution in [0.5, 0.6) is 0 Å². The molecule has 2 N–H and O–H groups in total. The van der Waals surface area contributed by atoms with Crippen LogP contribution in [-0.4, -0.2) is 40.0 Å². The number of carbonyl (C=O) groups excluding carboxylic acids is 1. The Morgan fingerprint density at radius 2 is 1.70 bits per heavy atom. The molecule has 0 spiro atoms. The average molecular weight is 438 g/mol. The summed E-state index contributed by atoms with van der Waals surface area (Å²) in [5.41, 5.74) is 4.63. The maximum absolute atomic E-state index is 12.8. The normalized spacial score (nSPS) is 14.2. The van der Waals surface area contributed by atoms with Gasteiger partial charge >= 0.3 is 0 Å². The SMILES string of the molecule is [C-]#[N+]c1ccc(-n2cc3cc(NC(=O)c4ccc(N5CCC(O)CC5)cc4)ccc3n2)cc1. The van der Waals surface area contributed by atoms with E-state index >= 15 is 0 Å². The van der Waals surface area contributed by atoms with Crippen LogP contribution in [0.25, 0.3) is 21.4 Å². The number of aliphatic hydroxyl groups is 1. The van der Waals surface area contributed by atoms with Crippen LogP contribution < -0.4 is 10.2 Å². The van der Waals surface area contributed by atoms with E-state index in [1.54, 1.807) is 16.8 Å². The van der Waals surface area contributed by atoms with Crippen molar-refractivity contribution in [2.24, 2.45) is 0 Å². The van der Waals surface area contributed by atoms with Crippen LogP contribution >= 0.6 is 0 Å². The second kappa shape index (κ2) is 8.77. The van der Waals surface area contributed by atoms with Crippen LogP contribution in [0.15, 0.2) is 72.9 Å². The number of aliphatic hydroxyl groups excluding tert-OH is 1. The van der Waals surface area contributed by atoms with Crippen molar-refractivity contribution in [3.63, 3.8) is 0 Å². The maximum atomic E-state index is 12.8. The van der Waals surface area contributed by atoms with E-state index in [-0.39, 0.29) is 12.0 Å². The first-order valence-corrected chi connectivity index (χ1v) is 10.9. The zero-order chi connectivity index (χ0) is 22.8. The quantitative estimate of drug-likeness (QED) is 0.450. The van der Waals surface area contributed by atoms with Crippen molar-refractivity contribution in [2.75, 3.05) is 23.3 Å². The van der Waals surface area contributed by atoms with Crippen molar-refractivity contribution >= 4 is 33.9 Å². The van der Waals surface area contributed by atoms with Crippen LogP contribution in [0.2, 0.25) is 0 Å². The molecule has 4 aromatic rings. The summed E-state index contributed by atoms with van der Waals surface area (Å²) in [4.78, 5) is 18.4. The van der Waals surface area contributed by atoms with E-state index in [9.17, 15) is 9.90 Å². The molecule has 0 saturated carbocycles. The monoisotopic (exact) mass is 437 g/mol. The molecule has 2 heterocycles. The summed E-state index contributed by atoms with van der Waals surface area (Å²) in [5, 5.41) is 18.1. The largest absolute Gasteiger partial charge is 0.393 e. The number of carbonyl (C=O) groups is 1. The topological polar surface area (TPSA) is 74.8 Å². The first-order valence-electron chi connectivity index (χ1n) is 10.9. The molecule has 0 bridgehead atoms. The van der Waals surface area contributed by atoms with E-state index in [1.165, 1.54) is 0 Å². The highest BCUT2D eigenvalue weighted by atomic mass is 16.3. The molecule has 164 valence electrons. The maximum Gasteiger partial charge on any atom is 0.255 e. The molecule has 0 aliphatic carbocycles. The molecule has 7 heteroatoms. The van der Waals surface area contributed by atoms with Crippen LogP contribution in [0.1, 0.15) is 23.2 Å². The molecule has 0 radical (unpaired) electrons. The number of hydrogen-bond acceptors (Lipinski definition) is 4. The Kier molecular flexibility index (Phi) is 5.51. The fraction of sp³-hybridized carbons (Fsp3) is 0.192. The molecule has 1 amide bonds. The third-order valence-electron chi connectivity index (χ3n) is 5.96. The lowest BCUT2D eigenvalue weighted by Crippen LogP contribution is -2.35. The second-order valence-electron chi connectivity index (χ2n) is 8.19. The number of nitrogens with one attached hydrogen (secondary N) is 1. The van der Waals surface area contributed by atoms with Gasteiger partial charge in [0.2, 0.25) is 0 Å². The number of hydrogen-bond donors (Lipinski definition) is 2. The van der Waals surface area contributed by atoms with Gasteiger partial charge in [-0.3, -0.25) is 4.79 Å². The molecule has 1 saturated heterocycles. The molecule has 0 atom stereocenters. The predicted octanol–water partition coefficient (Wildman–Crippen LogP) is 4.79. The number of anilines is 2. The zero-order valence-electron chi connectivity index (χ0n) is 18.0. The summed E-state index contributed by atoms with van der Waals surface area (Å²) < 4.78 is 1.77. The predicted molar refractivity (Wildman–Crippen MR) is 129 cm³/mol. The Labute approximate surface area is 191 Å². The van der Waals surface area contributed by atoms with E-state index in [2.05, 4.69) is 20.2 Å². The molecule has 1 aliphatic heterocycles. The first-order chi connectivity index (χ1) is 16.1. The molecule has 3 aromatic carbocycles. The number of rotatable bonds is 4. The zero-order valence-corrected chi connectivity index (χ0v) is 18.0. The third kappa shape index (κ3) is 4.43. The Bertz CT molecular complexity index is 1330. The van der Waals surface area contributed by atoms with Crippen LogP contribution in [0.4, 0.5) is 17.1 Å². The minimum Gasteiger partial charge on any atom is -0.393 e. The Morgan fingerprint density at radius 1 is 1.00 bits per heavy atom. The van der Waals surface area contributed by atoms with Gasteiger partial charge in [-0.15, -0.1) is 0 Å². The molecular formula is C26H23N5O2. The van der Waals surface area contributed by atoms with Gasteiger partial charge in [0.1, 0.15) is 0 Å². The number of fused-ring (bicyclic) bond motifs is 1. The standard InChI is InChI=1S/C26H23N5O2/c1-27-20-4-9-23(10-5-20)31-17-19-16-21(6-11-25(19)29-31)28-26(33)18-2-7-22(8-3-18)30-14-12-24(32)13-15-30/h2-11,16-17,24,32H,12-15H2,(H,28,33). The lowest BCUT2D eigenvalue weighted by molar-refractivity contribution is 0.102. The lowest BCUT2D eigenvalue weighted by atomic mass is 10.1. The van der Waals surface area contributed by atoms with Gasteiger partial charge in [0.15, 0.2) is 5.69 Å². The Balaban J connectivity index is 1.29. The van der Waals surface area contributed by atoms with Gasteiger partial charge in [-0.1, -0.05) is 12.1 Å². The van der Waals surface area contributed by atoms with E-state index in [0.29, 0.717) is 16.9 Å². The highest BCUT2D eigenvalue weighted by Crippen LogP contribution is 2.23. The van der Waals surface area contributed by atoms with Crippen LogP contribution in [-0.2, 0) is 0 Å². The van der Waals surface area contributed by atoms with Crippen molar-refractivity contribution in [1.82, 2.24) is 9.78 Å². The van der Waals surface area contributed by atoms with Crippen LogP contribution in [0.3, 0.4) is 0 Å². The van der Waals surface area contributed by atoms with Gasteiger partial charge in [0.05, 0.1) is 23.9 Å². The van der Waals surface area contributed by atoms with Gasteiger partial charge in [-0.25, -0.2) is 9.53 Å². The van der Waals surface area contributed by atoms with Crippen molar-refractivity contribution in [3.05, 3.63) is 89.9 Å². The molecular weight excluding hydrogens is 414 g/mol. The van der Waals surface area contributed by atoms with E-state index in [4.69, 9.17) is 6.57 Å². The van der Waals surface area contributed by atoms with E-state index in [1.807, 2.05) is 60.8 Å². The number of nitrogens with zero attached hydrogens (tertiary/aromatic N) is 4. The summed E-state index contributed by atoms with van der Waals surface area (Å²) >= 11 is 0. The van der Waals surface area contributed by atoms with Gasteiger partial charge in [-0.05, 0) is 67.4 Å². The fourth-order valence-electron chi connectivity index (χ4n) is 4.07. The van der Waals surface area contributed by atoms with Crippen molar-refractivity contribution in [3.8, 4) is 5.69 Å². The summed E-state index contributed by atoms with van der Waals surface area (Å²) in [7, 11) is 0. The molecule has 0 unspecified atom stereocenters. The number of aromatic nitrogens is 2. The number of piperidine rings is 1. The van der Waals surface area contributed by atoms with E-state index in [0.717, 1.165) is 48.2 Å². The smallest absolute Gasteiger partial charge is 0.255 e. The fourth-order valence-corrected chi connectivity index (χ4v) is 4.07. The molecule has 5 rings (SSSR count). The lowest BCUT2D eigenvalue weighted by Gasteiger charge is -2.31. The van der Waals surface area contributed by atoms with Gasteiger partial charge < -0.3 is 15.3 Å². The molecule has 1 aromatic heterocycles. The first kappa shape index (κ1) is 20.7. The second-order valence-corrected chi connectivity index (χ2v) is 8.19. The Morgan fingerprint density at radius 3 is 2.39 bits per heavy atom. The highest BCUT2D eigenvalue weighted by Gasteiger charge is 2.17. The third-order valence-corrected chi connectivity index (χ3v) is 5.96. The molecule has 1 aliphatic rings. The molecule has 7 nitrogen and oxygen atoms in total. The molecule has 33 heavy (non-hydrogen) atoms. The summed E-state index contributed by atoms with van der Waals surface area (Å²) in [6.45, 7) is 8.72. The summed E-state index contributed by atoms with van der Waals surface area (Å²) in [5.74, 6) is -0.169. The van der Waals surface area contributed by atoms with Crippen molar-refractivity contribution in [1.29, 1.82) is 0 Å². The minimum atomic E-state index is -0.207. The number of amides is 1. The van der Waals surface area contributed by atoms with Crippen molar-refractivity contribution in [2.45, 2.75) is 18.9 Å². The summed E-state index contributed by atoms with van der Waals surface area (Å²) in [6, 6.07) is 20.4. The highest BCUT2D eigenvalue weighted by molar-refractivity contribution is 6.05. The Hall–Kier alpha value is -4.15. The molecule has 1 fully saturated rings. The van der Waals surface area contributed by atoms with Gasteiger partial charge in [-0.2, -0.15) is 5.10 Å². The average Bonchev–Trinajstić information content (AvgIpc) is 3.28. The number of benzene rings is 3. The van der Waals surface area contributed by atoms with Crippen molar-refractivity contribution < 1.29 is 9.90 Å². The minimum absolute atomic E-state index is 0.169.